The maximum Gasteiger partial charge on any atom is 0.355 e. The van der Waals surface area contributed by atoms with E-state index in [9.17, 15) is 14.9 Å². The number of ether oxygens (including phenoxy) is 3. The average Bonchev–Trinajstić information content (AvgIpc) is 2.82. The van der Waals surface area contributed by atoms with Crippen LogP contribution < -0.4 is 15.4 Å². The second-order valence-electron chi connectivity index (χ2n) is 6.65. The van der Waals surface area contributed by atoms with Gasteiger partial charge in [0.2, 0.25) is 0 Å². The van der Waals surface area contributed by atoms with Crippen LogP contribution in [0.2, 0.25) is 5.02 Å². The maximum atomic E-state index is 13.0. The molecule has 0 spiro atoms. The van der Waals surface area contributed by atoms with E-state index in [1.165, 1.54) is 32.3 Å². The molecular weight excluding hydrogens is 434 g/mol. The second kappa shape index (κ2) is 9.45. The SMILES string of the molecule is COC(=O)C1=C(C(=O)OC)N(c2cc(Cl)ccc2OC)C(N)=C(C#N)C1c1ccccc1. The number of nitriles is 1. The molecule has 1 aliphatic heterocycles. The van der Waals surface area contributed by atoms with Crippen molar-refractivity contribution in [3.63, 3.8) is 0 Å². The molecule has 1 aliphatic rings. The van der Waals surface area contributed by atoms with Crippen LogP contribution in [0.3, 0.4) is 0 Å². The van der Waals surface area contributed by atoms with Gasteiger partial charge in [0.05, 0.1) is 50.2 Å². The van der Waals surface area contributed by atoms with Gasteiger partial charge in [0.1, 0.15) is 17.3 Å². The quantitative estimate of drug-likeness (QED) is 0.686. The summed E-state index contributed by atoms with van der Waals surface area (Å²) in [5.74, 6) is -2.39. The summed E-state index contributed by atoms with van der Waals surface area (Å²) in [7, 11) is 3.79. The lowest BCUT2D eigenvalue weighted by atomic mass is 9.81. The minimum absolute atomic E-state index is 0.0475. The van der Waals surface area contributed by atoms with Gasteiger partial charge in [-0.05, 0) is 23.8 Å². The molecule has 0 radical (unpaired) electrons. The first-order valence-electron chi connectivity index (χ1n) is 9.38. The van der Waals surface area contributed by atoms with E-state index in [-0.39, 0.29) is 28.4 Å². The highest BCUT2D eigenvalue weighted by Gasteiger charge is 2.43. The number of allylic oxidation sites excluding steroid dienone is 1. The molecule has 0 aliphatic carbocycles. The van der Waals surface area contributed by atoms with Crippen LogP contribution in [0, 0.1) is 11.3 Å². The number of rotatable bonds is 5. The van der Waals surface area contributed by atoms with Crippen molar-refractivity contribution in [1.82, 2.24) is 0 Å². The van der Waals surface area contributed by atoms with Gasteiger partial charge in [0.15, 0.2) is 0 Å². The third-order valence-electron chi connectivity index (χ3n) is 4.99. The van der Waals surface area contributed by atoms with Crippen molar-refractivity contribution in [2.24, 2.45) is 5.73 Å². The van der Waals surface area contributed by atoms with Crippen molar-refractivity contribution in [2.75, 3.05) is 26.2 Å². The lowest BCUT2D eigenvalue weighted by molar-refractivity contribution is -0.139. The molecule has 0 aromatic heterocycles. The van der Waals surface area contributed by atoms with Gasteiger partial charge in [0.25, 0.3) is 0 Å². The van der Waals surface area contributed by atoms with Crippen molar-refractivity contribution < 1.29 is 23.8 Å². The molecule has 0 saturated heterocycles. The molecule has 164 valence electrons. The fourth-order valence-electron chi connectivity index (χ4n) is 3.60. The van der Waals surface area contributed by atoms with E-state index >= 15 is 0 Å². The summed E-state index contributed by atoms with van der Waals surface area (Å²) in [5.41, 5.74) is 7.01. The number of hydrogen-bond donors (Lipinski definition) is 1. The third-order valence-corrected chi connectivity index (χ3v) is 5.23. The molecule has 0 amide bonds. The Balaban J connectivity index is 2.46. The monoisotopic (exact) mass is 453 g/mol. The fraction of sp³-hybridized carbons (Fsp3) is 0.174. The van der Waals surface area contributed by atoms with E-state index in [0.29, 0.717) is 16.3 Å². The van der Waals surface area contributed by atoms with Gasteiger partial charge < -0.3 is 19.9 Å². The Hall–Kier alpha value is -3.96. The first-order chi connectivity index (χ1) is 15.4. The molecule has 32 heavy (non-hydrogen) atoms. The molecular formula is C23H20ClN3O5. The normalized spacial score (nSPS) is 15.8. The highest BCUT2D eigenvalue weighted by molar-refractivity contribution is 6.31. The Labute approximate surface area is 190 Å². The number of benzene rings is 2. The Morgan fingerprint density at radius 3 is 2.28 bits per heavy atom. The number of carbonyl (C=O) groups is 2. The standard InChI is InChI=1S/C23H20ClN3O5/c1-30-17-10-9-14(24)11-16(17)27-20(23(29)32-3)19(22(28)31-2)18(15(12-25)21(27)26)13-7-5-4-6-8-13/h4-11,18H,26H2,1-3H3. The summed E-state index contributed by atoms with van der Waals surface area (Å²) in [5, 5.41) is 10.4. The third kappa shape index (κ3) is 3.86. The van der Waals surface area contributed by atoms with E-state index < -0.39 is 17.9 Å². The van der Waals surface area contributed by atoms with Crippen LogP contribution in [0.5, 0.6) is 5.75 Å². The molecule has 1 atom stereocenters. The largest absolute Gasteiger partial charge is 0.495 e. The minimum Gasteiger partial charge on any atom is -0.495 e. The predicted octanol–water partition coefficient (Wildman–Crippen LogP) is 3.25. The molecule has 0 fully saturated rings. The number of halogens is 1. The van der Waals surface area contributed by atoms with E-state index in [1.807, 2.05) is 0 Å². The van der Waals surface area contributed by atoms with Gasteiger partial charge in [-0.1, -0.05) is 41.9 Å². The molecule has 2 N–H and O–H groups in total. The summed E-state index contributed by atoms with van der Waals surface area (Å²) in [4.78, 5) is 27.3. The Morgan fingerprint density at radius 2 is 1.72 bits per heavy atom. The number of anilines is 1. The smallest absolute Gasteiger partial charge is 0.355 e. The van der Waals surface area contributed by atoms with Crippen LogP contribution in [0.15, 0.2) is 71.2 Å². The lowest BCUT2D eigenvalue weighted by Gasteiger charge is -2.36. The van der Waals surface area contributed by atoms with Crippen molar-refractivity contribution in [3.8, 4) is 11.8 Å². The zero-order chi connectivity index (χ0) is 23.4. The summed E-state index contributed by atoms with van der Waals surface area (Å²) in [6, 6.07) is 15.5. The molecule has 2 aromatic carbocycles. The van der Waals surface area contributed by atoms with Crippen LogP contribution in [-0.4, -0.2) is 33.3 Å². The van der Waals surface area contributed by atoms with Crippen molar-refractivity contribution in [3.05, 3.63) is 81.8 Å². The fourth-order valence-corrected chi connectivity index (χ4v) is 3.77. The minimum atomic E-state index is -0.954. The number of esters is 2. The Kier molecular flexibility index (Phi) is 6.71. The van der Waals surface area contributed by atoms with Crippen LogP contribution in [-0.2, 0) is 19.1 Å². The summed E-state index contributed by atoms with van der Waals surface area (Å²) < 4.78 is 15.4. The summed E-state index contributed by atoms with van der Waals surface area (Å²) >= 11 is 6.19. The van der Waals surface area contributed by atoms with E-state index in [1.54, 1.807) is 42.5 Å². The molecule has 1 heterocycles. The van der Waals surface area contributed by atoms with Crippen LogP contribution in [0.4, 0.5) is 5.69 Å². The molecule has 0 saturated carbocycles. The predicted molar refractivity (Wildman–Crippen MR) is 118 cm³/mol. The number of carbonyl (C=O) groups excluding carboxylic acids is 2. The number of nitrogens with zero attached hydrogens (tertiary/aromatic N) is 2. The number of methoxy groups -OCH3 is 3. The summed E-state index contributed by atoms with van der Waals surface area (Å²) in [6.45, 7) is 0. The van der Waals surface area contributed by atoms with E-state index in [0.717, 1.165) is 0 Å². The van der Waals surface area contributed by atoms with Gasteiger partial charge in [0, 0.05) is 5.02 Å². The molecule has 1 unspecified atom stereocenters. The van der Waals surface area contributed by atoms with Crippen LogP contribution in [0.1, 0.15) is 11.5 Å². The topological polar surface area (TPSA) is 115 Å². The molecule has 0 bridgehead atoms. The van der Waals surface area contributed by atoms with Crippen molar-refractivity contribution in [1.29, 1.82) is 5.26 Å². The highest BCUT2D eigenvalue weighted by atomic mass is 35.5. The second-order valence-corrected chi connectivity index (χ2v) is 7.09. The summed E-state index contributed by atoms with van der Waals surface area (Å²) in [6.07, 6.45) is 0. The van der Waals surface area contributed by atoms with E-state index in [4.69, 9.17) is 31.5 Å². The van der Waals surface area contributed by atoms with Gasteiger partial charge in [-0.15, -0.1) is 0 Å². The van der Waals surface area contributed by atoms with Gasteiger partial charge in [-0.3, -0.25) is 4.90 Å². The Bertz CT molecular complexity index is 1170. The zero-order valence-corrected chi connectivity index (χ0v) is 18.3. The zero-order valence-electron chi connectivity index (χ0n) is 17.6. The maximum absolute atomic E-state index is 13.0. The number of hydrogen-bond acceptors (Lipinski definition) is 8. The Morgan fingerprint density at radius 1 is 1.06 bits per heavy atom. The van der Waals surface area contributed by atoms with E-state index in [2.05, 4.69) is 6.07 Å². The van der Waals surface area contributed by atoms with Gasteiger partial charge in [-0.25, -0.2) is 9.59 Å². The highest BCUT2D eigenvalue weighted by Crippen LogP contribution is 2.45. The lowest BCUT2D eigenvalue weighted by Crippen LogP contribution is -2.40. The molecule has 2 aromatic rings. The first kappa shape index (κ1) is 22.7. The van der Waals surface area contributed by atoms with Crippen molar-refractivity contribution >= 4 is 29.2 Å². The number of nitrogens with two attached hydrogens (primary N) is 1. The van der Waals surface area contributed by atoms with Crippen molar-refractivity contribution in [2.45, 2.75) is 5.92 Å². The van der Waals surface area contributed by atoms with Gasteiger partial charge >= 0.3 is 11.9 Å². The molecule has 9 heteroatoms. The van der Waals surface area contributed by atoms with Crippen LogP contribution in [0.25, 0.3) is 0 Å². The average molecular weight is 454 g/mol. The first-order valence-corrected chi connectivity index (χ1v) is 9.76. The molecule has 8 nitrogen and oxygen atoms in total. The molecule has 3 rings (SSSR count). The van der Waals surface area contributed by atoms with Gasteiger partial charge in [-0.2, -0.15) is 5.26 Å². The van der Waals surface area contributed by atoms with Crippen LogP contribution >= 0.6 is 11.6 Å².